The molecule has 88 valence electrons. The highest BCUT2D eigenvalue weighted by molar-refractivity contribution is 6.32. The van der Waals surface area contributed by atoms with Crippen molar-refractivity contribution in [2.75, 3.05) is 7.11 Å². The second-order valence-corrected chi connectivity index (χ2v) is 4.25. The third-order valence-corrected chi connectivity index (χ3v) is 1.76. The molecule has 0 spiro atoms. The van der Waals surface area contributed by atoms with Crippen LogP contribution in [0.1, 0.15) is 27.7 Å². The molecule has 0 saturated carbocycles. The summed E-state index contributed by atoms with van der Waals surface area (Å²) in [5, 5.41) is 3.31. The van der Waals surface area contributed by atoms with Crippen LogP contribution in [0, 0.1) is 0 Å². The van der Waals surface area contributed by atoms with Crippen LogP contribution < -0.4 is 15.5 Å². The Morgan fingerprint density at radius 1 is 1.12 bits per heavy atom. The zero-order valence-electron chi connectivity index (χ0n) is 10.9. The maximum absolute atomic E-state index is 5.45. The van der Waals surface area contributed by atoms with Gasteiger partial charge in [0, 0.05) is 12.1 Å². The molecule has 1 rings (SSSR count). The molecule has 0 aliphatic heterocycles. The molecule has 0 fully saturated rings. The molecule has 1 aromatic carbocycles. The Morgan fingerprint density at radius 3 is 1.94 bits per heavy atom. The molecule has 0 unspecified atom stereocenters. The fourth-order valence-corrected chi connectivity index (χ4v) is 1.31. The third-order valence-electron chi connectivity index (χ3n) is 1.76. The Morgan fingerprint density at radius 2 is 1.69 bits per heavy atom. The Balaban J connectivity index is 0.000000293. The smallest absolute Gasteiger partial charge is 0.118 e. The van der Waals surface area contributed by atoms with Crippen molar-refractivity contribution in [3.8, 4) is 5.75 Å². The average molecular weight is 219 g/mol. The molecule has 2 nitrogen and oxygen atoms in total. The topological polar surface area (TPSA) is 21.3 Å². The summed E-state index contributed by atoms with van der Waals surface area (Å²) in [6.07, 6.45) is 0. The monoisotopic (exact) mass is 219 g/mol. The van der Waals surface area contributed by atoms with E-state index in [9.17, 15) is 0 Å². The molecular weight excluding hydrogens is 197 g/mol. The van der Waals surface area contributed by atoms with Gasteiger partial charge < -0.3 is 10.1 Å². The predicted octanol–water partition coefficient (Wildman–Crippen LogP) is 1.88. The zero-order valence-corrected chi connectivity index (χ0v) is 10.9. The second-order valence-electron chi connectivity index (χ2n) is 4.25. The van der Waals surface area contributed by atoms with Crippen LogP contribution >= 0.6 is 0 Å². The number of rotatable bonds is 3. The van der Waals surface area contributed by atoms with Gasteiger partial charge in [0.2, 0.25) is 0 Å². The van der Waals surface area contributed by atoms with E-state index in [1.165, 1.54) is 0 Å². The van der Waals surface area contributed by atoms with Gasteiger partial charge in [0.1, 0.15) is 13.6 Å². The Labute approximate surface area is 101 Å². The van der Waals surface area contributed by atoms with E-state index in [2.05, 4.69) is 33.0 Å². The maximum atomic E-state index is 5.45. The molecule has 0 atom stereocenters. The number of hydrogen-bond acceptors (Lipinski definition) is 2. The van der Waals surface area contributed by atoms with Gasteiger partial charge in [-0.1, -0.05) is 45.3 Å². The number of methoxy groups -OCH3 is 1. The zero-order chi connectivity index (χ0) is 12.6. The predicted molar refractivity (Wildman–Crippen MR) is 71.8 cm³/mol. The van der Waals surface area contributed by atoms with Crippen LogP contribution in [0.5, 0.6) is 5.75 Å². The van der Waals surface area contributed by atoms with Gasteiger partial charge in [-0.2, -0.15) is 0 Å². The van der Waals surface area contributed by atoms with E-state index in [-0.39, 0.29) is 0 Å². The van der Waals surface area contributed by atoms with Gasteiger partial charge in [0.15, 0.2) is 0 Å². The Hall–Kier alpha value is -0.955. The number of hydrogen-bond donors (Lipinski definition) is 1. The highest BCUT2D eigenvalue weighted by Gasteiger charge is 1.92. The molecule has 1 aromatic rings. The summed E-state index contributed by atoms with van der Waals surface area (Å²) in [4.78, 5) is 0. The lowest BCUT2D eigenvalue weighted by Crippen LogP contribution is -2.29. The van der Waals surface area contributed by atoms with Gasteiger partial charge in [0.05, 0.1) is 7.11 Å². The summed E-state index contributed by atoms with van der Waals surface area (Å²) in [7, 11) is 7.07. The minimum atomic E-state index is 0.625. The lowest BCUT2D eigenvalue weighted by Gasteiger charge is -2.10. The molecule has 0 bridgehead atoms. The molecule has 0 aliphatic carbocycles. The second kappa shape index (κ2) is 8.23. The standard InChI is InChI=1S/C7H7BO.C6H15N/c1-9-7-4-2-3-6(8)5-7;1-5(2)7-6(3)4/h2-5H,1H3;5-7H,1-4H3. The fourth-order valence-electron chi connectivity index (χ4n) is 1.31. The summed E-state index contributed by atoms with van der Waals surface area (Å²) in [5.41, 5.74) is 0.731. The van der Waals surface area contributed by atoms with E-state index in [1.54, 1.807) is 13.2 Å². The van der Waals surface area contributed by atoms with Gasteiger partial charge in [-0.3, -0.25) is 0 Å². The van der Waals surface area contributed by atoms with Gasteiger partial charge >= 0.3 is 0 Å². The minimum Gasteiger partial charge on any atom is -0.497 e. The van der Waals surface area contributed by atoms with Crippen molar-refractivity contribution in [2.24, 2.45) is 0 Å². The largest absolute Gasteiger partial charge is 0.497 e. The SMILES string of the molecule is CC(C)NC(C)C.[B]c1cccc(OC)c1. The maximum Gasteiger partial charge on any atom is 0.118 e. The summed E-state index contributed by atoms with van der Waals surface area (Å²) in [6, 6.07) is 8.56. The summed E-state index contributed by atoms with van der Waals surface area (Å²) >= 11 is 0. The number of benzene rings is 1. The molecule has 0 aromatic heterocycles. The fraction of sp³-hybridized carbons (Fsp3) is 0.538. The van der Waals surface area contributed by atoms with Crippen LogP contribution in [0.25, 0.3) is 0 Å². The van der Waals surface area contributed by atoms with Crippen molar-refractivity contribution in [2.45, 2.75) is 39.8 Å². The van der Waals surface area contributed by atoms with Gasteiger partial charge in [-0.25, -0.2) is 0 Å². The van der Waals surface area contributed by atoms with Crippen molar-refractivity contribution in [1.82, 2.24) is 5.32 Å². The first-order chi connectivity index (χ1) is 7.45. The van der Waals surface area contributed by atoms with Crippen molar-refractivity contribution in [3.63, 3.8) is 0 Å². The molecular formula is C13H22BNO. The average Bonchev–Trinajstić information content (AvgIpc) is 2.16. The summed E-state index contributed by atoms with van der Waals surface area (Å²) in [5.74, 6) is 0.801. The van der Waals surface area contributed by atoms with Crippen LogP contribution in [-0.4, -0.2) is 27.0 Å². The Kier molecular flexibility index (Phi) is 7.74. The molecule has 0 amide bonds. The lowest BCUT2D eigenvalue weighted by molar-refractivity contribution is 0.415. The molecule has 0 aliphatic rings. The minimum absolute atomic E-state index is 0.625. The normalized spacial score (nSPS) is 9.94. The van der Waals surface area contributed by atoms with E-state index in [0.717, 1.165) is 11.2 Å². The third kappa shape index (κ3) is 8.36. The van der Waals surface area contributed by atoms with Crippen LogP contribution in [0.2, 0.25) is 0 Å². The molecule has 2 radical (unpaired) electrons. The van der Waals surface area contributed by atoms with Gasteiger partial charge in [-0.05, 0) is 12.1 Å². The van der Waals surface area contributed by atoms with Gasteiger partial charge in [-0.15, -0.1) is 0 Å². The van der Waals surface area contributed by atoms with Crippen LogP contribution in [0.15, 0.2) is 24.3 Å². The van der Waals surface area contributed by atoms with Crippen LogP contribution in [0.3, 0.4) is 0 Å². The van der Waals surface area contributed by atoms with E-state index in [4.69, 9.17) is 12.6 Å². The van der Waals surface area contributed by atoms with Crippen LogP contribution in [-0.2, 0) is 0 Å². The number of nitrogens with one attached hydrogen (secondary N) is 1. The summed E-state index contributed by atoms with van der Waals surface area (Å²) < 4.78 is 4.92. The molecule has 0 heterocycles. The lowest BCUT2D eigenvalue weighted by atomic mass is 9.96. The highest BCUT2D eigenvalue weighted by Crippen LogP contribution is 2.03. The van der Waals surface area contributed by atoms with E-state index >= 15 is 0 Å². The van der Waals surface area contributed by atoms with Crippen molar-refractivity contribution in [1.29, 1.82) is 0 Å². The molecule has 16 heavy (non-hydrogen) atoms. The highest BCUT2D eigenvalue weighted by atomic mass is 16.5. The molecule has 1 N–H and O–H groups in total. The first-order valence-corrected chi connectivity index (χ1v) is 5.61. The molecule has 0 saturated heterocycles. The first kappa shape index (κ1) is 15.0. The number of ether oxygens (including phenoxy) is 1. The van der Waals surface area contributed by atoms with Crippen molar-refractivity contribution in [3.05, 3.63) is 24.3 Å². The van der Waals surface area contributed by atoms with Crippen LogP contribution in [0.4, 0.5) is 0 Å². The van der Waals surface area contributed by atoms with E-state index in [1.807, 2.05) is 18.2 Å². The Bertz CT molecular complexity index is 281. The van der Waals surface area contributed by atoms with Gasteiger partial charge in [0.25, 0.3) is 0 Å². The quantitative estimate of drug-likeness (QED) is 0.783. The van der Waals surface area contributed by atoms with Crippen molar-refractivity contribution < 1.29 is 4.74 Å². The summed E-state index contributed by atoms with van der Waals surface area (Å²) in [6.45, 7) is 8.61. The van der Waals surface area contributed by atoms with E-state index in [0.29, 0.717) is 12.1 Å². The first-order valence-electron chi connectivity index (χ1n) is 5.61. The van der Waals surface area contributed by atoms with E-state index < -0.39 is 0 Å². The molecule has 3 heteroatoms. The van der Waals surface area contributed by atoms with Crippen molar-refractivity contribution >= 4 is 13.3 Å².